The SMILES string of the molecule is COC(=O)NCCc1ccc(F)cc1OCCOC1CNCCC1c1ccc(OCCCOCc2ccccc2OC)cc1. The van der Waals surface area contributed by atoms with Gasteiger partial charge in [0.15, 0.2) is 0 Å². The highest BCUT2D eigenvalue weighted by Gasteiger charge is 2.27. The van der Waals surface area contributed by atoms with Gasteiger partial charge in [0.05, 0.1) is 46.8 Å². The number of hydrogen-bond acceptors (Lipinski definition) is 8. The van der Waals surface area contributed by atoms with Gasteiger partial charge in [0.1, 0.15) is 29.7 Å². The lowest BCUT2D eigenvalue weighted by molar-refractivity contribution is 0.00717. The number of carbonyl (C=O) groups excluding carboxylic acids is 1. The van der Waals surface area contributed by atoms with Crippen molar-refractivity contribution in [3.05, 3.63) is 89.2 Å². The molecule has 2 N–H and O–H groups in total. The molecule has 3 aromatic carbocycles. The van der Waals surface area contributed by atoms with E-state index in [2.05, 4.69) is 27.5 Å². The van der Waals surface area contributed by atoms with E-state index in [4.69, 9.17) is 23.7 Å². The molecule has 0 saturated carbocycles. The molecule has 238 valence electrons. The van der Waals surface area contributed by atoms with E-state index in [1.165, 1.54) is 24.8 Å². The molecular weight excluding hydrogens is 567 g/mol. The van der Waals surface area contributed by atoms with E-state index in [0.29, 0.717) is 45.1 Å². The molecule has 0 radical (unpaired) electrons. The Morgan fingerprint density at radius 3 is 2.59 bits per heavy atom. The van der Waals surface area contributed by atoms with Crippen LogP contribution in [-0.2, 0) is 27.2 Å². The molecule has 44 heavy (non-hydrogen) atoms. The molecule has 0 bridgehead atoms. The van der Waals surface area contributed by atoms with Crippen LogP contribution >= 0.6 is 0 Å². The molecule has 2 unspecified atom stereocenters. The largest absolute Gasteiger partial charge is 0.496 e. The maximum atomic E-state index is 13.9. The van der Waals surface area contributed by atoms with Gasteiger partial charge in [-0.15, -0.1) is 0 Å². The molecule has 1 fully saturated rings. The first-order valence-electron chi connectivity index (χ1n) is 15.0. The number of methoxy groups -OCH3 is 2. The molecule has 10 heteroatoms. The number of nitrogens with one attached hydrogen (secondary N) is 2. The van der Waals surface area contributed by atoms with Crippen molar-refractivity contribution in [3.8, 4) is 17.2 Å². The highest BCUT2D eigenvalue weighted by molar-refractivity contribution is 5.66. The van der Waals surface area contributed by atoms with Crippen LogP contribution in [0.1, 0.15) is 35.4 Å². The Bertz CT molecular complexity index is 1290. The number of carbonyl (C=O) groups is 1. The topological polar surface area (TPSA) is 96.5 Å². The third-order valence-electron chi connectivity index (χ3n) is 7.44. The molecule has 1 aliphatic heterocycles. The summed E-state index contributed by atoms with van der Waals surface area (Å²) in [6, 6.07) is 20.5. The van der Waals surface area contributed by atoms with E-state index >= 15 is 0 Å². The van der Waals surface area contributed by atoms with Gasteiger partial charge < -0.3 is 39.1 Å². The third kappa shape index (κ3) is 10.4. The number of piperidine rings is 1. The molecule has 1 heterocycles. The monoisotopic (exact) mass is 610 g/mol. The van der Waals surface area contributed by atoms with Gasteiger partial charge in [0.25, 0.3) is 0 Å². The summed E-state index contributed by atoms with van der Waals surface area (Å²) in [5, 5.41) is 6.04. The average Bonchev–Trinajstić information content (AvgIpc) is 3.06. The maximum Gasteiger partial charge on any atom is 0.406 e. The van der Waals surface area contributed by atoms with Crippen molar-refractivity contribution in [2.45, 2.75) is 37.9 Å². The number of para-hydroxylation sites is 1. The van der Waals surface area contributed by atoms with Crippen LogP contribution in [0.3, 0.4) is 0 Å². The second-order valence-corrected chi connectivity index (χ2v) is 10.4. The standard InChI is InChI=1S/C34H43FN2O7/c1-39-31-7-4-3-6-27(31)24-41-18-5-19-42-29-12-9-25(10-13-29)30-15-16-36-23-33(30)44-21-20-43-32-22-28(35)11-8-26(32)14-17-37-34(38)40-2/h3-4,6-13,22,30,33,36H,5,14-21,23-24H2,1-2H3,(H,37,38). The Balaban J connectivity index is 1.18. The van der Waals surface area contributed by atoms with Gasteiger partial charge in [0, 0.05) is 37.1 Å². The van der Waals surface area contributed by atoms with Gasteiger partial charge in [-0.25, -0.2) is 9.18 Å². The van der Waals surface area contributed by atoms with E-state index in [-0.39, 0.29) is 24.4 Å². The molecule has 1 saturated heterocycles. The van der Waals surface area contributed by atoms with Crippen LogP contribution in [0.2, 0.25) is 0 Å². The number of rotatable bonds is 17. The quantitative estimate of drug-likeness (QED) is 0.200. The van der Waals surface area contributed by atoms with E-state index in [1.54, 1.807) is 13.2 Å². The molecule has 0 aliphatic carbocycles. The Kier molecular flexibility index (Phi) is 13.6. The van der Waals surface area contributed by atoms with Gasteiger partial charge in [-0.2, -0.15) is 0 Å². The summed E-state index contributed by atoms with van der Waals surface area (Å²) in [5.74, 6) is 1.96. The molecule has 1 amide bonds. The number of ether oxygens (including phenoxy) is 6. The number of halogens is 1. The predicted molar refractivity (Wildman–Crippen MR) is 165 cm³/mol. The minimum Gasteiger partial charge on any atom is -0.496 e. The fourth-order valence-corrected chi connectivity index (χ4v) is 5.14. The molecular formula is C34H43FN2O7. The summed E-state index contributed by atoms with van der Waals surface area (Å²) >= 11 is 0. The van der Waals surface area contributed by atoms with Crippen molar-refractivity contribution >= 4 is 6.09 Å². The lowest BCUT2D eigenvalue weighted by Crippen LogP contribution is -2.41. The summed E-state index contributed by atoms with van der Waals surface area (Å²) in [6.45, 7) is 4.32. The highest BCUT2D eigenvalue weighted by Crippen LogP contribution is 2.29. The van der Waals surface area contributed by atoms with Crippen LogP contribution in [0.25, 0.3) is 0 Å². The highest BCUT2D eigenvalue weighted by atomic mass is 19.1. The smallest absolute Gasteiger partial charge is 0.406 e. The number of amides is 1. The summed E-state index contributed by atoms with van der Waals surface area (Å²) in [6.07, 6.45) is 1.69. The minimum atomic E-state index is -0.511. The normalized spacial score (nSPS) is 16.2. The molecule has 1 aliphatic rings. The first-order valence-corrected chi connectivity index (χ1v) is 15.0. The molecule has 0 aromatic heterocycles. The third-order valence-corrected chi connectivity index (χ3v) is 7.44. The Hall–Kier alpha value is -3.86. The Morgan fingerprint density at radius 1 is 0.932 bits per heavy atom. The molecule has 3 aromatic rings. The van der Waals surface area contributed by atoms with Gasteiger partial charge in [-0.3, -0.25) is 0 Å². The first-order chi connectivity index (χ1) is 21.6. The second-order valence-electron chi connectivity index (χ2n) is 10.4. The van der Waals surface area contributed by atoms with Crippen molar-refractivity contribution in [2.24, 2.45) is 0 Å². The number of benzene rings is 3. The molecule has 0 spiro atoms. The van der Waals surface area contributed by atoms with Crippen LogP contribution < -0.4 is 24.8 Å². The predicted octanol–water partition coefficient (Wildman–Crippen LogP) is 5.26. The fraction of sp³-hybridized carbons (Fsp3) is 0.441. The van der Waals surface area contributed by atoms with E-state index in [9.17, 15) is 9.18 Å². The van der Waals surface area contributed by atoms with E-state index in [0.717, 1.165) is 48.6 Å². The van der Waals surface area contributed by atoms with Crippen LogP contribution in [-0.4, -0.2) is 72.5 Å². The zero-order chi connectivity index (χ0) is 31.0. The zero-order valence-electron chi connectivity index (χ0n) is 25.5. The second kappa shape index (κ2) is 18.1. The number of alkyl carbamates (subject to hydrolysis) is 1. The summed E-state index contributed by atoms with van der Waals surface area (Å²) < 4.78 is 47.7. The number of hydrogen-bond donors (Lipinski definition) is 2. The maximum absolute atomic E-state index is 13.9. The summed E-state index contributed by atoms with van der Waals surface area (Å²) in [4.78, 5) is 11.3. The average molecular weight is 611 g/mol. The fourth-order valence-electron chi connectivity index (χ4n) is 5.14. The van der Waals surface area contributed by atoms with Crippen molar-refractivity contribution in [1.29, 1.82) is 0 Å². The van der Waals surface area contributed by atoms with Gasteiger partial charge in [-0.05, 0) is 54.8 Å². The van der Waals surface area contributed by atoms with Crippen molar-refractivity contribution < 1.29 is 37.6 Å². The Labute approximate surface area is 258 Å². The van der Waals surface area contributed by atoms with Crippen LogP contribution in [0.4, 0.5) is 9.18 Å². The summed E-state index contributed by atoms with van der Waals surface area (Å²) in [7, 11) is 2.97. The zero-order valence-corrected chi connectivity index (χ0v) is 25.5. The summed E-state index contributed by atoms with van der Waals surface area (Å²) in [5.41, 5.74) is 3.03. The van der Waals surface area contributed by atoms with Crippen LogP contribution in [0.5, 0.6) is 17.2 Å². The lowest BCUT2D eigenvalue weighted by Gasteiger charge is -2.32. The molecule has 2 atom stereocenters. The molecule has 4 rings (SSSR count). The van der Waals surface area contributed by atoms with Gasteiger partial charge >= 0.3 is 6.09 Å². The first kappa shape index (κ1) is 33.0. The van der Waals surface area contributed by atoms with Crippen molar-refractivity contribution in [1.82, 2.24) is 10.6 Å². The minimum absolute atomic E-state index is 0.0178. The van der Waals surface area contributed by atoms with Gasteiger partial charge in [0.2, 0.25) is 0 Å². The van der Waals surface area contributed by atoms with E-state index in [1.807, 2.05) is 36.4 Å². The lowest BCUT2D eigenvalue weighted by atomic mass is 9.88. The molecule has 9 nitrogen and oxygen atoms in total. The van der Waals surface area contributed by atoms with Crippen LogP contribution in [0.15, 0.2) is 66.7 Å². The van der Waals surface area contributed by atoms with Crippen LogP contribution in [0, 0.1) is 5.82 Å². The van der Waals surface area contributed by atoms with Crippen molar-refractivity contribution in [2.75, 3.05) is 60.3 Å². The Morgan fingerprint density at radius 2 is 1.77 bits per heavy atom. The van der Waals surface area contributed by atoms with Crippen molar-refractivity contribution in [3.63, 3.8) is 0 Å². The van der Waals surface area contributed by atoms with Gasteiger partial charge in [-0.1, -0.05) is 36.4 Å². The van der Waals surface area contributed by atoms with E-state index < -0.39 is 6.09 Å².